The van der Waals surface area contributed by atoms with Crippen LogP contribution >= 0.6 is 11.6 Å². The average Bonchev–Trinajstić information content (AvgIpc) is 3.52. The number of aromatic nitrogens is 2. The molecule has 1 saturated heterocycles. The number of aryl methyl sites for hydroxylation is 1. The van der Waals surface area contributed by atoms with E-state index in [2.05, 4.69) is 57.4 Å². The van der Waals surface area contributed by atoms with Gasteiger partial charge in [0.2, 0.25) is 0 Å². The molecule has 10 heteroatoms. The van der Waals surface area contributed by atoms with Gasteiger partial charge < -0.3 is 25.2 Å². The van der Waals surface area contributed by atoms with Crippen LogP contribution in [0.25, 0.3) is 22.0 Å². The number of β-amino-alcohol motifs (C(OH)–C–C–N with tert-alkyl or cyclic N) is 1. The third kappa shape index (κ3) is 7.55. The highest BCUT2D eigenvalue weighted by atomic mass is 35.5. The van der Waals surface area contributed by atoms with Crippen LogP contribution in [0.15, 0.2) is 79.1 Å². The number of hydrogen-bond acceptors (Lipinski definition) is 8. The number of carboxylic acid groups (broad SMARTS) is 1. The summed E-state index contributed by atoms with van der Waals surface area (Å²) in [7, 11) is 0. The Morgan fingerprint density at radius 1 is 1.06 bits per heavy atom. The molecule has 2 aliphatic heterocycles. The molecular formula is C40H42ClN5O4. The van der Waals surface area contributed by atoms with E-state index in [9.17, 15) is 9.90 Å². The van der Waals surface area contributed by atoms with Crippen LogP contribution < -0.4 is 15.0 Å². The number of halogens is 1. The fraction of sp³-hybridized carbons (Fsp3) is 0.325. The Morgan fingerprint density at radius 3 is 2.76 bits per heavy atom. The van der Waals surface area contributed by atoms with E-state index in [0.29, 0.717) is 30.4 Å². The fourth-order valence-corrected chi connectivity index (χ4v) is 7.42. The number of aliphatic hydroxyl groups excluding tert-OH is 1. The van der Waals surface area contributed by atoms with Crippen LogP contribution in [0, 0.1) is 6.92 Å². The lowest BCUT2D eigenvalue weighted by Gasteiger charge is -2.31. The van der Waals surface area contributed by atoms with Crippen molar-refractivity contribution in [2.24, 2.45) is 0 Å². The van der Waals surface area contributed by atoms with Gasteiger partial charge in [-0.05, 0) is 96.8 Å². The third-order valence-corrected chi connectivity index (χ3v) is 10.2. The SMILES string of the molecule is Cc1c(COc2ccc3c(c2)CCCN3CCCC(=O)O)cccc1-c1cccc(Nc2nccc3cc(CN4CC[C@@H](O)C4)cnc23)c1Cl. The number of carboxylic acids is 1. The Kier molecular flexibility index (Phi) is 10.2. The molecule has 2 aromatic heterocycles. The van der Waals surface area contributed by atoms with Crippen molar-refractivity contribution < 1.29 is 19.7 Å². The van der Waals surface area contributed by atoms with Crippen molar-refractivity contribution in [3.05, 3.63) is 106 Å². The number of nitrogens with one attached hydrogen (secondary N) is 1. The summed E-state index contributed by atoms with van der Waals surface area (Å²) in [6.07, 6.45) is 7.07. The first kappa shape index (κ1) is 33.8. The van der Waals surface area contributed by atoms with E-state index in [1.165, 1.54) is 11.3 Å². The summed E-state index contributed by atoms with van der Waals surface area (Å²) in [5, 5.41) is 24.0. The predicted octanol–water partition coefficient (Wildman–Crippen LogP) is 7.77. The van der Waals surface area contributed by atoms with Gasteiger partial charge in [-0.25, -0.2) is 4.98 Å². The molecular weight excluding hydrogens is 650 g/mol. The van der Waals surface area contributed by atoms with E-state index in [4.69, 9.17) is 26.4 Å². The first-order valence-electron chi connectivity index (χ1n) is 17.3. The maximum Gasteiger partial charge on any atom is 0.303 e. The van der Waals surface area contributed by atoms with Gasteiger partial charge in [-0.2, -0.15) is 0 Å². The molecule has 2 aliphatic rings. The molecule has 3 N–H and O–H groups in total. The largest absolute Gasteiger partial charge is 0.489 e. The molecule has 258 valence electrons. The lowest BCUT2D eigenvalue weighted by molar-refractivity contribution is -0.137. The standard InChI is InChI=1S/C40H42ClN5O4/c1-26-30(25-50-32-12-13-36-28(21-32)7-4-17-46(36)18-5-11-37(48)49)6-2-8-33(26)34-9-3-10-35(38(34)41)44-40-39-29(14-16-42-40)20-27(22-43-39)23-45-19-15-31(47)24-45/h2-3,6,8-10,12-14,16,20-22,31,47H,4-5,7,11,15,17-19,23-25H2,1H3,(H,42,44)(H,48,49)/t31-/m1/s1. The summed E-state index contributed by atoms with van der Waals surface area (Å²) in [6, 6.07) is 22.5. The molecule has 0 aliphatic carbocycles. The zero-order valence-corrected chi connectivity index (χ0v) is 29.0. The molecule has 0 unspecified atom stereocenters. The second kappa shape index (κ2) is 15.0. The highest BCUT2D eigenvalue weighted by Crippen LogP contribution is 2.38. The number of aliphatic carboxylic acids is 1. The third-order valence-electron chi connectivity index (χ3n) is 9.78. The topological polar surface area (TPSA) is 111 Å². The van der Waals surface area contributed by atoms with Gasteiger partial charge in [0.25, 0.3) is 0 Å². The molecule has 1 atom stereocenters. The van der Waals surface area contributed by atoms with Gasteiger partial charge in [-0.15, -0.1) is 0 Å². The monoisotopic (exact) mass is 691 g/mol. The van der Waals surface area contributed by atoms with E-state index in [-0.39, 0.29) is 12.5 Å². The van der Waals surface area contributed by atoms with Crippen molar-refractivity contribution in [3.63, 3.8) is 0 Å². The molecule has 5 aromatic rings. The molecule has 4 heterocycles. The molecule has 3 aromatic carbocycles. The summed E-state index contributed by atoms with van der Waals surface area (Å²) in [5.74, 6) is 0.707. The Morgan fingerprint density at radius 2 is 1.92 bits per heavy atom. The Balaban J connectivity index is 1.06. The predicted molar refractivity (Wildman–Crippen MR) is 199 cm³/mol. The Bertz CT molecular complexity index is 2020. The van der Waals surface area contributed by atoms with E-state index >= 15 is 0 Å². The summed E-state index contributed by atoms with van der Waals surface area (Å²) < 4.78 is 6.33. The highest BCUT2D eigenvalue weighted by Gasteiger charge is 2.21. The molecule has 7 rings (SSSR count). The summed E-state index contributed by atoms with van der Waals surface area (Å²) in [5.41, 5.74) is 9.14. The average molecular weight is 692 g/mol. The quantitative estimate of drug-likeness (QED) is 0.121. The highest BCUT2D eigenvalue weighted by molar-refractivity contribution is 6.36. The molecule has 1 fully saturated rings. The summed E-state index contributed by atoms with van der Waals surface area (Å²) in [6.45, 7) is 6.55. The van der Waals surface area contributed by atoms with Crippen LogP contribution in [0.4, 0.5) is 17.2 Å². The molecule has 0 amide bonds. The molecule has 0 bridgehead atoms. The Labute approximate surface area is 297 Å². The normalized spacial score (nSPS) is 16.1. The zero-order valence-electron chi connectivity index (χ0n) is 28.2. The Hall–Kier alpha value is -4.70. The number of fused-ring (bicyclic) bond motifs is 2. The molecule has 0 saturated carbocycles. The summed E-state index contributed by atoms with van der Waals surface area (Å²) >= 11 is 7.10. The van der Waals surface area contributed by atoms with Crippen LogP contribution in [0.3, 0.4) is 0 Å². The summed E-state index contributed by atoms with van der Waals surface area (Å²) in [4.78, 5) is 24.9. The van der Waals surface area contributed by atoms with Gasteiger partial charge in [-0.1, -0.05) is 41.9 Å². The minimum absolute atomic E-state index is 0.185. The first-order valence-corrected chi connectivity index (χ1v) is 17.7. The molecule has 9 nitrogen and oxygen atoms in total. The van der Waals surface area contributed by atoms with Crippen molar-refractivity contribution in [1.29, 1.82) is 0 Å². The van der Waals surface area contributed by atoms with Crippen LogP contribution in [0.1, 0.15) is 47.9 Å². The zero-order chi connectivity index (χ0) is 34.6. The second-order valence-corrected chi connectivity index (χ2v) is 13.7. The van der Waals surface area contributed by atoms with Gasteiger partial charge in [0.15, 0.2) is 5.82 Å². The number of benzene rings is 3. The van der Waals surface area contributed by atoms with Crippen LogP contribution in [-0.2, 0) is 24.4 Å². The minimum atomic E-state index is -0.751. The number of hydrogen-bond donors (Lipinski definition) is 3. The van der Waals surface area contributed by atoms with Crippen LogP contribution in [0.2, 0.25) is 5.02 Å². The second-order valence-electron chi connectivity index (χ2n) is 13.3. The number of rotatable bonds is 12. The van der Waals surface area contributed by atoms with Gasteiger partial charge in [0.1, 0.15) is 17.9 Å². The maximum atomic E-state index is 11.0. The van der Waals surface area contributed by atoms with E-state index in [1.54, 1.807) is 6.20 Å². The maximum absolute atomic E-state index is 11.0. The number of pyridine rings is 2. The van der Waals surface area contributed by atoms with Crippen LogP contribution in [-0.4, -0.2) is 63.3 Å². The van der Waals surface area contributed by atoms with Crippen LogP contribution in [0.5, 0.6) is 5.75 Å². The van der Waals surface area contributed by atoms with Gasteiger partial charge in [0, 0.05) is 68.2 Å². The van der Waals surface area contributed by atoms with Crippen molar-refractivity contribution in [3.8, 4) is 16.9 Å². The van der Waals surface area contributed by atoms with Crippen molar-refractivity contribution in [2.75, 3.05) is 36.4 Å². The van der Waals surface area contributed by atoms with Crippen molar-refractivity contribution in [2.45, 2.75) is 58.3 Å². The number of likely N-dealkylation sites (tertiary alicyclic amines) is 1. The number of anilines is 3. The lowest BCUT2D eigenvalue weighted by Crippen LogP contribution is -2.30. The van der Waals surface area contributed by atoms with Gasteiger partial charge in [-0.3, -0.25) is 14.7 Å². The molecule has 0 spiro atoms. The van der Waals surface area contributed by atoms with Crippen molar-refractivity contribution >= 4 is 45.7 Å². The number of aliphatic hydroxyl groups is 1. The smallest absolute Gasteiger partial charge is 0.303 e. The lowest BCUT2D eigenvalue weighted by atomic mass is 9.96. The van der Waals surface area contributed by atoms with Gasteiger partial charge in [0.05, 0.1) is 16.8 Å². The molecule has 0 radical (unpaired) electrons. The van der Waals surface area contributed by atoms with E-state index in [0.717, 1.165) is 95.6 Å². The number of nitrogens with zero attached hydrogens (tertiary/aromatic N) is 4. The van der Waals surface area contributed by atoms with E-state index in [1.807, 2.05) is 42.6 Å². The fourth-order valence-electron chi connectivity index (χ4n) is 7.15. The number of ether oxygens (including phenoxy) is 1. The number of carbonyl (C=O) groups is 1. The van der Waals surface area contributed by atoms with Gasteiger partial charge >= 0.3 is 5.97 Å². The van der Waals surface area contributed by atoms with E-state index < -0.39 is 5.97 Å². The minimum Gasteiger partial charge on any atom is -0.489 e. The molecule has 50 heavy (non-hydrogen) atoms. The first-order chi connectivity index (χ1) is 24.3. The van der Waals surface area contributed by atoms with Crippen molar-refractivity contribution in [1.82, 2.24) is 14.9 Å².